The number of rotatable bonds is 10. The molecule has 14 heteroatoms. The smallest absolute Gasteiger partial charge is 0.261 e. The van der Waals surface area contributed by atoms with Gasteiger partial charge in [-0.1, -0.05) is 0 Å². The number of piperidine rings is 1. The quantitative estimate of drug-likeness (QED) is 0.253. The Morgan fingerprint density at radius 1 is 1.00 bits per heavy atom. The minimum Gasteiger partial charge on any atom is -0.489 e. The van der Waals surface area contributed by atoms with Crippen LogP contribution in [0.5, 0.6) is 5.75 Å². The molecule has 1 unspecified atom stereocenters. The number of morpholine rings is 1. The minimum absolute atomic E-state index is 0.177. The fourth-order valence-electron chi connectivity index (χ4n) is 6.80. The Hall–Kier alpha value is -3.95. The Morgan fingerprint density at radius 3 is 2.49 bits per heavy atom. The van der Waals surface area contributed by atoms with Gasteiger partial charge in [0, 0.05) is 56.2 Å². The third kappa shape index (κ3) is 7.48. The van der Waals surface area contributed by atoms with Gasteiger partial charge in [0.25, 0.3) is 5.56 Å². The van der Waals surface area contributed by atoms with Crippen molar-refractivity contribution in [2.75, 3.05) is 71.4 Å². The molecule has 6 heterocycles. The number of likely N-dealkylation sites (tertiary alicyclic amines) is 1. The van der Waals surface area contributed by atoms with Gasteiger partial charge in [0.15, 0.2) is 9.84 Å². The highest BCUT2D eigenvalue weighted by atomic mass is 32.2. The number of pyridine rings is 2. The summed E-state index contributed by atoms with van der Waals surface area (Å²) in [6.07, 6.45) is 5.46. The number of ether oxygens (including phenoxy) is 2. The van der Waals surface area contributed by atoms with Crippen molar-refractivity contribution in [2.24, 2.45) is 0 Å². The lowest BCUT2D eigenvalue weighted by Gasteiger charge is -2.28. The van der Waals surface area contributed by atoms with Gasteiger partial charge >= 0.3 is 0 Å². The van der Waals surface area contributed by atoms with Crippen LogP contribution in [0.4, 0.5) is 11.6 Å². The molecule has 3 aliphatic heterocycles. The summed E-state index contributed by atoms with van der Waals surface area (Å²) in [6.45, 7) is 9.06. The summed E-state index contributed by atoms with van der Waals surface area (Å²) in [7, 11) is -1.54. The van der Waals surface area contributed by atoms with Crippen LogP contribution in [-0.2, 0) is 21.1 Å². The van der Waals surface area contributed by atoms with E-state index in [1.165, 1.54) is 6.20 Å². The molecule has 13 nitrogen and oxygen atoms in total. The van der Waals surface area contributed by atoms with Crippen molar-refractivity contribution in [1.82, 2.24) is 34.6 Å². The van der Waals surface area contributed by atoms with Crippen molar-refractivity contribution in [3.05, 3.63) is 64.7 Å². The Morgan fingerprint density at radius 2 is 1.78 bits per heavy atom. The highest BCUT2D eigenvalue weighted by molar-refractivity contribution is 7.92. The normalized spacial score (nSPS) is 19.8. The Labute approximate surface area is 286 Å². The zero-order valence-electron chi connectivity index (χ0n) is 28.1. The number of hydrogen-bond donors (Lipinski definition) is 2. The van der Waals surface area contributed by atoms with Crippen molar-refractivity contribution in [1.29, 1.82) is 0 Å². The molecule has 3 saturated heterocycles. The summed E-state index contributed by atoms with van der Waals surface area (Å²) >= 11 is 0. The average Bonchev–Trinajstić information content (AvgIpc) is 3.62. The van der Waals surface area contributed by atoms with E-state index in [0.29, 0.717) is 72.9 Å². The summed E-state index contributed by atoms with van der Waals surface area (Å²) in [5.74, 6) is 1.17. The van der Waals surface area contributed by atoms with Crippen LogP contribution in [0, 0.1) is 6.92 Å². The average molecular weight is 689 g/mol. The fourth-order valence-corrected chi connectivity index (χ4v) is 8.56. The molecule has 0 amide bonds. The molecule has 3 aliphatic rings. The first-order valence-corrected chi connectivity index (χ1v) is 18.6. The standard InChI is InChI=1S/C35H44N8O5S/c1-24-19-30(49(45,46)29-8-11-41(2)12-9-29)23-37-32(24)31-20-25-21-38-35(39-26-3-5-27(6-4-26)48-28-7-10-36-22-28)40-33(25)43(34(31)44)14-13-42-15-17-47-18-16-42/h3-6,19-21,23,28-29,36H,7-18,22H2,1-2H3,(H,38,39,40). The summed E-state index contributed by atoms with van der Waals surface area (Å²) in [5.41, 5.74) is 2.52. The highest BCUT2D eigenvalue weighted by Gasteiger charge is 2.31. The molecule has 3 fully saturated rings. The Balaban J connectivity index is 1.19. The topological polar surface area (TPSA) is 144 Å². The molecule has 2 N–H and O–H groups in total. The summed E-state index contributed by atoms with van der Waals surface area (Å²) in [6, 6.07) is 11.1. The molecule has 0 spiro atoms. The number of aromatic nitrogens is 4. The van der Waals surface area contributed by atoms with Crippen molar-refractivity contribution in [2.45, 2.75) is 49.0 Å². The largest absolute Gasteiger partial charge is 0.489 e. The van der Waals surface area contributed by atoms with Crippen LogP contribution in [0.3, 0.4) is 0 Å². The molecular formula is C35H44N8O5S. The number of nitrogens with zero attached hydrogens (tertiary/aromatic N) is 6. The lowest BCUT2D eigenvalue weighted by molar-refractivity contribution is 0.0364. The first-order valence-electron chi connectivity index (χ1n) is 17.1. The number of nitrogens with one attached hydrogen (secondary N) is 2. The van der Waals surface area contributed by atoms with E-state index in [0.717, 1.165) is 57.1 Å². The Bertz CT molecular complexity index is 1950. The van der Waals surface area contributed by atoms with Crippen molar-refractivity contribution in [3.63, 3.8) is 0 Å². The van der Waals surface area contributed by atoms with Gasteiger partial charge in [-0.05, 0) is 94.8 Å². The van der Waals surface area contributed by atoms with Crippen LogP contribution < -0.4 is 20.9 Å². The van der Waals surface area contributed by atoms with E-state index in [2.05, 4.69) is 30.4 Å². The number of fused-ring (bicyclic) bond motifs is 1. The van der Waals surface area contributed by atoms with Gasteiger partial charge in [-0.15, -0.1) is 0 Å². The van der Waals surface area contributed by atoms with Gasteiger partial charge in [-0.25, -0.2) is 13.4 Å². The van der Waals surface area contributed by atoms with Crippen LogP contribution >= 0.6 is 0 Å². The maximum atomic E-state index is 14.3. The maximum absolute atomic E-state index is 14.3. The molecule has 3 aromatic heterocycles. The molecule has 7 rings (SSSR count). The van der Waals surface area contributed by atoms with Crippen molar-refractivity contribution in [3.8, 4) is 17.0 Å². The predicted octanol–water partition coefficient (Wildman–Crippen LogP) is 2.85. The number of benzene rings is 1. The third-order valence-electron chi connectivity index (χ3n) is 9.74. The first-order chi connectivity index (χ1) is 23.7. The van der Waals surface area contributed by atoms with Crippen LogP contribution in [0.2, 0.25) is 0 Å². The highest BCUT2D eigenvalue weighted by Crippen LogP contribution is 2.29. The van der Waals surface area contributed by atoms with E-state index in [9.17, 15) is 13.2 Å². The third-order valence-corrected chi connectivity index (χ3v) is 12.0. The molecule has 0 saturated carbocycles. The lowest BCUT2D eigenvalue weighted by Crippen LogP contribution is -2.39. The zero-order chi connectivity index (χ0) is 34.0. The van der Waals surface area contributed by atoms with Crippen LogP contribution in [0.25, 0.3) is 22.3 Å². The first kappa shape index (κ1) is 33.5. The van der Waals surface area contributed by atoms with E-state index in [4.69, 9.17) is 14.5 Å². The van der Waals surface area contributed by atoms with Gasteiger partial charge in [-0.3, -0.25) is 19.2 Å². The second-order valence-electron chi connectivity index (χ2n) is 13.2. The molecule has 0 aliphatic carbocycles. The minimum atomic E-state index is -3.54. The van der Waals surface area contributed by atoms with Crippen LogP contribution in [0.15, 0.2) is 58.5 Å². The fraction of sp³-hybridized carbons (Fsp3) is 0.486. The monoisotopic (exact) mass is 688 g/mol. The van der Waals surface area contributed by atoms with Crippen LogP contribution in [0.1, 0.15) is 24.8 Å². The molecule has 4 aromatic rings. The second-order valence-corrected chi connectivity index (χ2v) is 15.4. The van der Waals surface area contributed by atoms with Gasteiger partial charge in [0.2, 0.25) is 5.95 Å². The molecule has 1 aromatic carbocycles. The molecule has 0 radical (unpaired) electrons. The van der Waals surface area contributed by atoms with Crippen LogP contribution in [-0.4, -0.2) is 115 Å². The number of aryl methyl sites for hydroxylation is 1. The van der Waals surface area contributed by atoms with E-state index in [1.807, 2.05) is 38.2 Å². The van der Waals surface area contributed by atoms with Gasteiger partial charge in [-0.2, -0.15) is 4.98 Å². The van der Waals surface area contributed by atoms with E-state index < -0.39 is 15.1 Å². The van der Waals surface area contributed by atoms with E-state index >= 15 is 0 Å². The Kier molecular flexibility index (Phi) is 9.92. The second kappa shape index (κ2) is 14.5. The maximum Gasteiger partial charge on any atom is 0.261 e. The zero-order valence-corrected chi connectivity index (χ0v) is 28.9. The SMILES string of the molecule is Cc1cc(S(=O)(=O)C2CCN(C)CC2)cnc1-c1cc2cnc(Nc3ccc(OC4CCNC4)cc3)nc2n(CCN2CCOCC2)c1=O. The van der Waals surface area contributed by atoms with E-state index in [1.54, 1.807) is 22.9 Å². The summed E-state index contributed by atoms with van der Waals surface area (Å²) < 4.78 is 40.3. The summed E-state index contributed by atoms with van der Waals surface area (Å²) in [4.78, 5) is 32.9. The number of sulfone groups is 1. The molecule has 0 bridgehead atoms. The summed E-state index contributed by atoms with van der Waals surface area (Å²) in [5, 5.41) is 6.82. The van der Waals surface area contributed by atoms with Gasteiger partial charge in [0.1, 0.15) is 17.5 Å². The van der Waals surface area contributed by atoms with Gasteiger partial charge in [0.05, 0.1) is 34.6 Å². The van der Waals surface area contributed by atoms with Gasteiger partial charge < -0.3 is 25.0 Å². The van der Waals surface area contributed by atoms with E-state index in [-0.39, 0.29) is 16.6 Å². The molecule has 49 heavy (non-hydrogen) atoms. The molecule has 260 valence electrons. The van der Waals surface area contributed by atoms with Crippen molar-refractivity contribution < 1.29 is 17.9 Å². The molecule has 1 atom stereocenters. The molecular weight excluding hydrogens is 645 g/mol. The van der Waals surface area contributed by atoms with Crippen molar-refractivity contribution >= 4 is 32.5 Å². The lowest BCUT2D eigenvalue weighted by atomic mass is 10.1. The predicted molar refractivity (Wildman–Crippen MR) is 188 cm³/mol. The number of anilines is 2. The number of hydrogen-bond acceptors (Lipinski definition) is 12.